The zero-order valence-electron chi connectivity index (χ0n) is 17.1. The van der Waals surface area contributed by atoms with Crippen molar-refractivity contribution in [2.75, 3.05) is 21.9 Å². The maximum atomic E-state index is 12.9. The molecule has 1 amide bonds. The molecule has 0 atom stereocenters. The van der Waals surface area contributed by atoms with Crippen LogP contribution in [0, 0.1) is 0 Å². The summed E-state index contributed by atoms with van der Waals surface area (Å²) < 4.78 is 24.9. The lowest BCUT2D eigenvalue weighted by atomic mass is 10.0. The molecule has 5 rings (SSSR count). The van der Waals surface area contributed by atoms with Crippen LogP contribution in [0.1, 0.15) is 10.4 Å². The van der Waals surface area contributed by atoms with Crippen LogP contribution in [-0.2, 0) is 10.0 Å². The Bertz CT molecular complexity index is 1520. The van der Waals surface area contributed by atoms with Gasteiger partial charge in [-0.1, -0.05) is 47.5 Å². The summed E-state index contributed by atoms with van der Waals surface area (Å²) in [5, 5.41) is 5.49. The van der Waals surface area contributed by atoms with Crippen molar-refractivity contribution in [3.8, 4) is 11.3 Å². The summed E-state index contributed by atoms with van der Waals surface area (Å²) in [7, 11) is -3.27. The Balaban J connectivity index is 1.44. The summed E-state index contributed by atoms with van der Waals surface area (Å²) in [6, 6.07) is 19.5. The molecule has 0 aliphatic carbocycles. The Morgan fingerprint density at radius 2 is 1.79 bits per heavy atom. The molecule has 0 spiro atoms. The Kier molecular flexibility index (Phi) is 5.48. The van der Waals surface area contributed by atoms with Crippen LogP contribution in [0.2, 0.25) is 10.0 Å². The van der Waals surface area contributed by atoms with Gasteiger partial charge in [-0.15, -0.1) is 0 Å². The highest BCUT2D eigenvalue weighted by molar-refractivity contribution is 7.94. The van der Waals surface area contributed by atoms with Crippen molar-refractivity contribution in [3.63, 3.8) is 0 Å². The van der Waals surface area contributed by atoms with Crippen molar-refractivity contribution in [1.29, 1.82) is 0 Å². The third-order valence-electron chi connectivity index (χ3n) is 5.53. The molecule has 2 heterocycles. The highest BCUT2D eigenvalue weighted by Crippen LogP contribution is 2.34. The number of aromatic nitrogens is 1. The molecular weight excluding hydrogens is 481 g/mol. The van der Waals surface area contributed by atoms with Gasteiger partial charge in [-0.25, -0.2) is 8.42 Å². The number of nitrogens with zero attached hydrogens (tertiary/aromatic N) is 2. The molecule has 1 aliphatic rings. The first-order chi connectivity index (χ1) is 15.8. The summed E-state index contributed by atoms with van der Waals surface area (Å²) in [5.74, 6) is -0.311. The molecule has 0 radical (unpaired) electrons. The summed E-state index contributed by atoms with van der Waals surface area (Å²) in [4.78, 5) is 17.4. The third-order valence-corrected chi connectivity index (χ3v) is 7.93. The highest BCUT2D eigenvalue weighted by atomic mass is 35.5. The SMILES string of the molecule is O=C(Nc1ccc(Cl)c(-c2nccc3ccccc23)c1)c1ccc(N2CCS2(=O)=O)cc1Cl. The van der Waals surface area contributed by atoms with E-state index < -0.39 is 15.9 Å². The summed E-state index contributed by atoms with van der Waals surface area (Å²) in [6.07, 6.45) is 1.72. The fourth-order valence-corrected chi connectivity index (χ4v) is 5.35. The van der Waals surface area contributed by atoms with Crippen LogP contribution >= 0.6 is 23.2 Å². The fraction of sp³-hybridized carbons (Fsp3) is 0.0833. The highest BCUT2D eigenvalue weighted by Gasteiger charge is 2.33. The molecule has 1 aliphatic heterocycles. The van der Waals surface area contributed by atoms with Gasteiger partial charge in [0.25, 0.3) is 5.91 Å². The normalized spacial score (nSPS) is 14.7. The molecule has 0 bridgehead atoms. The number of sulfonamides is 1. The quantitative estimate of drug-likeness (QED) is 0.397. The molecule has 0 saturated carbocycles. The van der Waals surface area contributed by atoms with Crippen LogP contribution < -0.4 is 9.62 Å². The minimum atomic E-state index is -3.27. The van der Waals surface area contributed by atoms with Gasteiger partial charge in [0.15, 0.2) is 0 Å². The molecule has 1 fully saturated rings. The Hall–Kier alpha value is -3.13. The van der Waals surface area contributed by atoms with Crippen LogP contribution in [0.15, 0.2) is 72.9 Å². The van der Waals surface area contributed by atoms with Gasteiger partial charge in [0.1, 0.15) is 0 Å². The topological polar surface area (TPSA) is 79.4 Å². The van der Waals surface area contributed by atoms with Crippen LogP contribution in [-0.4, -0.2) is 31.6 Å². The van der Waals surface area contributed by atoms with Crippen molar-refractivity contribution >= 4 is 61.3 Å². The lowest BCUT2D eigenvalue weighted by Gasteiger charge is -2.32. The first kappa shape index (κ1) is 21.7. The van der Waals surface area contributed by atoms with Crippen LogP contribution in [0.5, 0.6) is 0 Å². The Morgan fingerprint density at radius 1 is 0.970 bits per heavy atom. The van der Waals surface area contributed by atoms with E-state index in [1.165, 1.54) is 16.4 Å². The number of carbonyl (C=O) groups is 1. The second kappa shape index (κ2) is 8.33. The average molecular weight is 498 g/mol. The summed E-state index contributed by atoms with van der Waals surface area (Å²) in [5.41, 5.74) is 2.61. The van der Waals surface area contributed by atoms with Gasteiger partial charge in [-0.05, 0) is 47.9 Å². The van der Waals surface area contributed by atoms with E-state index in [0.29, 0.717) is 34.2 Å². The zero-order chi connectivity index (χ0) is 23.2. The number of fused-ring (bicyclic) bond motifs is 1. The molecule has 1 saturated heterocycles. The molecule has 1 aromatic heterocycles. The molecule has 9 heteroatoms. The van der Waals surface area contributed by atoms with E-state index >= 15 is 0 Å². The van der Waals surface area contributed by atoms with Crippen molar-refractivity contribution in [1.82, 2.24) is 4.98 Å². The van der Waals surface area contributed by atoms with Crippen molar-refractivity contribution in [2.45, 2.75) is 0 Å². The van der Waals surface area contributed by atoms with E-state index in [9.17, 15) is 13.2 Å². The van der Waals surface area contributed by atoms with Crippen LogP contribution in [0.3, 0.4) is 0 Å². The number of amides is 1. The van der Waals surface area contributed by atoms with Crippen LogP contribution in [0.4, 0.5) is 11.4 Å². The largest absolute Gasteiger partial charge is 0.322 e. The minimum absolute atomic E-state index is 0.108. The third kappa shape index (κ3) is 4.04. The van der Waals surface area contributed by atoms with E-state index in [1.807, 2.05) is 30.3 Å². The van der Waals surface area contributed by atoms with E-state index in [2.05, 4.69) is 10.3 Å². The monoisotopic (exact) mass is 497 g/mol. The lowest BCUT2D eigenvalue weighted by molar-refractivity contribution is 0.102. The smallest absolute Gasteiger partial charge is 0.257 e. The molecule has 33 heavy (non-hydrogen) atoms. The number of anilines is 2. The molecule has 166 valence electrons. The standard InChI is InChI=1S/C24H17Cl2N3O3S/c25-21-8-5-16(13-20(21)23-18-4-2-1-3-15(18)9-10-27-23)28-24(30)19-7-6-17(14-22(19)26)29-11-12-33(29,31)32/h1-10,13-14H,11-12H2,(H,28,30). The fourth-order valence-electron chi connectivity index (χ4n) is 3.78. The van der Waals surface area contributed by atoms with E-state index in [4.69, 9.17) is 23.2 Å². The maximum absolute atomic E-state index is 12.9. The predicted octanol–water partition coefficient (Wildman–Crippen LogP) is 5.61. The number of carbonyl (C=O) groups excluding carboxylic acids is 1. The number of pyridine rings is 1. The molecule has 1 N–H and O–H groups in total. The van der Waals surface area contributed by atoms with Crippen LogP contribution in [0.25, 0.3) is 22.0 Å². The number of nitrogens with one attached hydrogen (secondary N) is 1. The van der Waals surface area contributed by atoms with E-state index in [1.54, 1.807) is 30.5 Å². The van der Waals surface area contributed by atoms with Gasteiger partial charge in [0.05, 0.1) is 32.7 Å². The average Bonchev–Trinajstić information content (AvgIpc) is 2.79. The second-order valence-electron chi connectivity index (χ2n) is 7.58. The molecular formula is C24H17Cl2N3O3S. The van der Waals surface area contributed by atoms with Gasteiger partial charge in [-0.2, -0.15) is 0 Å². The molecule has 3 aromatic carbocycles. The number of benzene rings is 3. The van der Waals surface area contributed by atoms with Crippen molar-refractivity contribution < 1.29 is 13.2 Å². The first-order valence-electron chi connectivity index (χ1n) is 10.1. The molecule has 0 unspecified atom stereocenters. The maximum Gasteiger partial charge on any atom is 0.257 e. The van der Waals surface area contributed by atoms with Gasteiger partial charge in [0.2, 0.25) is 10.0 Å². The van der Waals surface area contributed by atoms with Gasteiger partial charge >= 0.3 is 0 Å². The van der Waals surface area contributed by atoms with Gasteiger partial charge < -0.3 is 5.32 Å². The number of hydrogen-bond acceptors (Lipinski definition) is 4. The number of hydrogen-bond donors (Lipinski definition) is 1. The van der Waals surface area contributed by atoms with E-state index in [-0.39, 0.29) is 16.3 Å². The minimum Gasteiger partial charge on any atom is -0.322 e. The first-order valence-corrected chi connectivity index (χ1v) is 12.4. The predicted molar refractivity (Wildman–Crippen MR) is 133 cm³/mol. The number of halogens is 2. The second-order valence-corrected chi connectivity index (χ2v) is 10.4. The number of rotatable bonds is 4. The zero-order valence-corrected chi connectivity index (χ0v) is 19.5. The summed E-state index contributed by atoms with van der Waals surface area (Å²) >= 11 is 12.8. The lowest BCUT2D eigenvalue weighted by Crippen LogP contribution is -2.47. The Labute approximate surface area is 200 Å². The molecule has 6 nitrogen and oxygen atoms in total. The van der Waals surface area contributed by atoms with Crippen molar-refractivity contribution in [2.24, 2.45) is 0 Å². The van der Waals surface area contributed by atoms with E-state index in [0.717, 1.165) is 10.8 Å². The van der Waals surface area contributed by atoms with Gasteiger partial charge in [0, 0.05) is 29.4 Å². The Morgan fingerprint density at radius 3 is 2.52 bits per heavy atom. The molecule has 4 aromatic rings. The van der Waals surface area contributed by atoms with Gasteiger partial charge in [-0.3, -0.25) is 14.1 Å². The summed E-state index contributed by atoms with van der Waals surface area (Å²) in [6.45, 7) is 0.403. The van der Waals surface area contributed by atoms with Crippen molar-refractivity contribution in [3.05, 3.63) is 88.5 Å².